The first kappa shape index (κ1) is 16.8. The fraction of sp³-hybridized carbons (Fsp3) is 0.688. The molecule has 23 heavy (non-hydrogen) atoms. The number of piperidine rings is 1. The lowest BCUT2D eigenvalue weighted by atomic mass is 9.84. The van der Waals surface area contributed by atoms with Gasteiger partial charge in [0.25, 0.3) is 0 Å². The van der Waals surface area contributed by atoms with E-state index < -0.39 is 10.0 Å². The number of aromatic nitrogens is 1. The maximum atomic E-state index is 11.2. The minimum absolute atomic E-state index is 0.00831. The van der Waals surface area contributed by atoms with Crippen molar-refractivity contribution in [3.05, 3.63) is 29.6 Å². The third-order valence-electron chi connectivity index (χ3n) is 4.76. The SMILES string of the molecule is Cc1cccc(CN2CC[C@@H]3[C@@H](CO[C@H]3CNS(C)(=O)=O)C2)n1. The van der Waals surface area contributed by atoms with E-state index in [2.05, 4.69) is 26.7 Å². The first-order valence-electron chi connectivity index (χ1n) is 8.12. The van der Waals surface area contributed by atoms with Gasteiger partial charge >= 0.3 is 0 Å². The molecule has 2 saturated heterocycles. The Morgan fingerprint density at radius 3 is 3.00 bits per heavy atom. The Hall–Kier alpha value is -1.02. The number of hydrogen-bond donors (Lipinski definition) is 1. The van der Waals surface area contributed by atoms with Gasteiger partial charge in [0.1, 0.15) is 0 Å². The molecule has 2 aliphatic rings. The molecule has 7 heteroatoms. The number of nitrogens with one attached hydrogen (secondary N) is 1. The van der Waals surface area contributed by atoms with E-state index in [1.54, 1.807) is 0 Å². The first-order chi connectivity index (χ1) is 10.9. The van der Waals surface area contributed by atoms with Crippen molar-refractivity contribution in [2.45, 2.75) is 26.0 Å². The minimum Gasteiger partial charge on any atom is -0.376 e. The van der Waals surface area contributed by atoms with E-state index in [-0.39, 0.29) is 6.10 Å². The van der Waals surface area contributed by atoms with Gasteiger partial charge in [0.2, 0.25) is 10.0 Å². The van der Waals surface area contributed by atoms with Gasteiger partial charge in [-0.2, -0.15) is 0 Å². The molecule has 0 saturated carbocycles. The Bertz CT molecular complexity index is 650. The summed E-state index contributed by atoms with van der Waals surface area (Å²) in [5.41, 5.74) is 2.16. The number of nitrogens with zero attached hydrogens (tertiary/aromatic N) is 2. The fourth-order valence-corrected chi connectivity index (χ4v) is 4.13. The Labute approximate surface area is 138 Å². The van der Waals surface area contributed by atoms with Gasteiger partial charge in [0, 0.05) is 31.2 Å². The number of pyridine rings is 1. The summed E-state index contributed by atoms with van der Waals surface area (Å²) < 4.78 is 30.9. The van der Waals surface area contributed by atoms with Gasteiger partial charge in [-0.3, -0.25) is 9.88 Å². The van der Waals surface area contributed by atoms with Crippen LogP contribution < -0.4 is 4.72 Å². The molecule has 0 radical (unpaired) electrons. The second-order valence-corrected chi connectivity index (χ2v) is 8.54. The molecule has 2 fully saturated rings. The van der Waals surface area contributed by atoms with Crippen molar-refractivity contribution in [2.75, 3.05) is 32.5 Å². The van der Waals surface area contributed by atoms with Crippen molar-refractivity contribution in [1.82, 2.24) is 14.6 Å². The molecule has 0 spiro atoms. The van der Waals surface area contributed by atoms with Crippen molar-refractivity contribution >= 4 is 10.0 Å². The van der Waals surface area contributed by atoms with Gasteiger partial charge in [-0.1, -0.05) is 6.07 Å². The number of sulfonamides is 1. The van der Waals surface area contributed by atoms with Gasteiger partial charge < -0.3 is 4.74 Å². The van der Waals surface area contributed by atoms with Gasteiger partial charge in [0.15, 0.2) is 0 Å². The highest BCUT2D eigenvalue weighted by Gasteiger charge is 2.40. The fourth-order valence-electron chi connectivity index (χ4n) is 3.67. The number of aryl methyl sites for hydroxylation is 1. The maximum Gasteiger partial charge on any atom is 0.208 e. The lowest BCUT2D eigenvalue weighted by molar-refractivity contribution is 0.0884. The Balaban J connectivity index is 1.54. The van der Waals surface area contributed by atoms with Gasteiger partial charge in [-0.05, 0) is 37.9 Å². The molecule has 0 unspecified atom stereocenters. The highest BCUT2D eigenvalue weighted by molar-refractivity contribution is 7.88. The van der Waals surface area contributed by atoms with E-state index in [9.17, 15) is 8.42 Å². The summed E-state index contributed by atoms with van der Waals surface area (Å²) in [4.78, 5) is 7.00. The predicted molar refractivity (Wildman–Crippen MR) is 88.4 cm³/mol. The van der Waals surface area contributed by atoms with Crippen LogP contribution in [0.3, 0.4) is 0 Å². The molecule has 6 nitrogen and oxygen atoms in total. The largest absolute Gasteiger partial charge is 0.376 e. The monoisotopic (exact) mass is 339 g/mol. The zero-order valence-corrected chi connectivity index (χ0v) is 14.6. The average Bonchev–Trinajstić information content (AvgIpc) is 2.87. The molecule has 128 valence electrons. The lowest BCUT2D eigenvalue weighted by Crippen LogP contribution is -2.43. The summed E-state index contributed by atoms with van der Waals surface area (Å²) in [5, 5.41) is 0. The molecule has 1 aromatic rings. The van der Waals surface area contributed by atoms with Crippen LogP contribution in [0.25, 0.3) is 0 Å². The quantitative estimate of drug-likeness (QED) is 0.858. The molecule has 2 aliphatic heterocycles. The summed E-state index contributed by atoms with van der Waals surface area (Å²) in [6.45, 7) is 6.00. The molecule has 0 aromatic carbocycles. The van der Waals surface area contributed by atoms with Crippen LogP contribution in [-0.4, -0.2) is 56.9 Å². The first-order valence-corrected chi connectivity index (χ1v) is 10.0. The Kier molecular flexibility index (Phi) is 5.01. The van der Waals surface area contributed by atoms with Crippen LogP contribution in [0.4, 0.5) is 0 Å². The van der Waals surface area contributed by atoms with Crippen LogP contribution in [0.5, 0.6) is 0 Å². The molecule has 3 rings (SSSR count). The molecular formula is C16H25N3O3S. The van der Waals surface area contributed by atoms with Crippen molar-refractivity contribution in [1.29, 1.82) is 0 Å². The lowest BCUT2D eigenvalue weighted by Gasteiger charge is -2.35. The topological polar surface area (TPSA) is 71.5 Å². The van der Waals surface area contributed by atoms with E-state index in [0.29, 0.717) is 18.4 Å². The summed E-state index contributed by atoms with van der Waals surface area (Å²) in [7, 11) is -3.15. The molecule has 1 aromatic heterocycles. The Morgan fingerprint density at radius 1 is 1.43 bits per heavy atom. The minimum atomic E-state index is -3.15. The smallest absolute Gasteiger partial charge is 0.208 e. The van der Waals surface area contributed by atoms with E-state index >= 15 is 0 Å². The standard InChI is InChI=1S/C16H25N3O3S/c1-12-4-3-5-14(18-12)10-19-7-6-15-13(9-19)11-22-16(15)8-17-23(2,20)21/h3-5,13,15-17H,6-11H2,1-2H3/t13-,15-,16+/m1/s1. The van der Waals surface area contributed by atoms with Crippen molar-refractivity contribution in [3.8, 4) is 0 Å². The summed E-state index contributed by atoms with van der Waals surface area (Å²) >= 11 is 0. The second kappa shape index (κ2) is 6.84. The third kappa shape index (κ3) is 4.50. The zero-order valence-electron chi connectivity index (χ0n) is 13.7. The molecule has 0 amide bonds. The van der Waals surface area contributed by atoms with Crippen molar-refractivity contribution in [3.63, 3.8) is 0 Å². The highest BCUT2D eigenvalue weighted by atomic mass is 32.2. The van der Waals surface area contributed by atoms with E-state index in [1.807, 2.05) is 13.0 Å². The number of likely N-dealkylation sites (tertiary alicyclic amines) is 1. The van der Waals surface area contributed by atoms with Crippen LogP contribution in [0.2, 0.25) is 0 Å². The van der Waals surface area contributed by atoms with Crippen LogP contribution in [0, 0.1) is 18.8 Å². The van der Waals surface area contributed by atoms with Gasteiger partial charge in [0.05, 0.1) is 24.7 Å². The van der Waals surface area contributed by atoms with E-state index in [0.717, 1.165) is 44.0 Å². The summed E-state index contributed by atoms with van der Waals surface area (Å²) in [6, 6.07) is 6.14. The summed E-state index contributed by atoms with van der Waals surface area (Å²) in [6.07, 6.45) is 2.25. The van der Waals surface area contributed by atoms with E-state index in [4.69, 9.17) is 4.74 Å². The van der Waals surface area contributed by atoms with Gasteiger partial charge in [-0.25, -0.2) is 13.1 Å². The number of fused-ring (bicyclic) bond motifs is 1. The number of hydrogen-bond acceptors (Lipinski definition) is 5. The maximum absolute atomic E-state index is 11.2. The molecule has 0 aliphatic carbocycles. The third-order valence-corrected chi connectivity index (χ3v) is 5.45. The van der Waals surface area contributed by atoms with Crippen LogP contribution >= 0.6 is 0 Å². The van der Waals surface area contributed by atoms with Crippen LogP contribution in [0.15, 0.2) is 18.2 Å². The Morgan fingerprint density at radius 2 is 2.26 bits per heavy atom. The predicted octanol–water partition coefficient (Wildman–Crippen LogP) is 0.776. The highest BCUT2D eigenvalue weighted by Crippen LogP contribution is 2.34. The molecule has 0 bridgehead atoms. The van der Waals surface area contributed by atoms with Crippen molar-refractivity contribution in [2.24, 2.45) is 11.8 Å². The molecule has 3 atom stereocenters. The molecule has 3 heterocycles. The average molecular weight is 339 g/mol. The molecular weight excluding hydrogens is 314 g/mol. The number of rotatable bonds is 5. The summed E-state index contributed by atoms with van der Waals surface area (Å²) in [5.74, 6) is 0.936. The molecule has 1 N–H and O–H groups in total. The number of ether oxygens (including phenoxy) is 1. The van der Waals surface area contributed by atoms with Crippen LogP contribution in [0.1, 0.15) is 17.8 Å². The van der Waals surface area contributed by atoms with Crippen LogP contribution in [-0.2, 0) is 21.3 Å². The van der Waals surface area contributed by atoms with Gasteiger partial charge in [-0.15, -0.1) is 0 Å². The normalized spacial score (nSPS) is 28.7. The van der Waals surface area contributed by atoms with E-state index in [1.165, 1.54) is 6.26 Å². The van der Waals surface area contributed by atoms with Crippen molar-refractivity contribution < 1.29 is 13.2 Å². The zero-order chi connectivity index (χ0) is 16.4. The second-order valence-electron chi connectivity index (χ2n) is 6.71.